The van der Waals surface area contributed by atoms with Gasteiger partial charge in [0.1, 0.15) is 12.2 Å². The van der Waals surface area contributed by atoms with Crippen molar-refractivity contribution in [3.8, 4) is 0 Å². The summed E-state index contributed by atoms with van der Waals surface area (Å²) in [4.78, 5) is 8.49. The molecule has 0 aliphatic heterocycles. The lowest BCUT2D eigenvalue weighted by Gasteiger charge is -2.29. The zero-order chi connectivity index (χ0) is 14.4. The number of aryl methyl sites for hydroxylation is 1. The summed E-state index contributed by atoms with van der Waals surface area (Å²) in [5, 5.41) is 11.7. The predicted molar refractivity (Wildman–Crippen MR) is 83.9 cm³/mol. The molecule has 20 heavy (non-hydrogen) atoms. The average Bonchev–Trinajstić information content (AvgIpc) is 2.89. The molecule has 0 spiro atoms. The monoisotopic (exact) mass is 296 g/mol. The maximum atomic E-state index is 4.29. The van der Waals surface area contributed by atoms with Gasteiger partial charge in [0.25, 0.3) is 0 Å². The number of aromatic nitrogens is 3. The Bertz CT molecular complexity index is 444. The van der Waals surface area contributed by atoms with Crippen LogP contribution in [0.15, 0.2) is 11.3 Å². The van der Waals surface area contributed by atoms with Crippen LogP contribution in [0.25, 0.3) is 0 Å². The Hall–Kier alpha value is -1.24. The summed E-state index contributed by atoms with van der Waals surface area (Å²) in [5.74, 6) is 1.75. The van der Waals surface area contributed by atoms with Crippen molar-refractivity contribution >= 4 is 17.7 Å². The van der Waals surface area contributed by atoms with E-state index in [1.54, 1.807) is 18.1 Å². The van der Waals surface area contributed by atoms with E-state index in [1.807, 2.05) is 18.8 Å². The van der Waals surface area contributed by atoms with Gasteiger partial charge in [-0.15, -0.1) is 0 Å². The second-order valence-electron chi connectivity index (χ2n) is 5.09. The molecule has 2 unspecified atom stereocenters. The molecule has 6 nitrogen and oxygen atoms in total. The minimum absolute atomic E-state index is 0.520. The summed E-state index contributed by atoms with van der Waals surface area (Å²) in [6.45, 7) is 0.634. The van der Waals surface area contributed by atoms with Gasteiger partial charge in [-0.25, -0.2) is 4.98 Å². The summed E-state index contributed by atoms with van der Waals surface area (Å²) >= 11 is 1.98. The SMILES string of the molecule is CN=C(NCc1ncnn1C)NC1CCCC(SC)C1. The van der Waals surface area contributed by atoms with E-state index < -0.39 is 0 Å². The Balaban J connectivity index is 1.82. The van der Waals surface area contributed by atoms with Gasteiger partial charge >= 0.3 is 0 Å². The van der Waals surface area contributed by atoms with Crippen molar-refractivity contribution in [3.63, 3.8) is 0 Å². The lowest BCUT2D eigenvalue weighted by atomic mass is 9.95. The van der Waals surface area contributed by atoms with Gasteiger partial charge in [0, 0.05) is 25.4 Å². The molecular formula is C13H24N6S. The fourth-order valence-corrected chi connectivity index (χ4v) is 3.35. The van der Waals surface area contributed by atoms with E-state index in [0.717, 1.165) is 17.0 Å². The van der Waals surface area contributed by atoms with Crippen LogP contribution >= 0.6 is 11.8 Å². The van der Waals surface area contributed by atoms with Gasteiger partial charge in [0.2, 0.25) is 0 Å². The molecule has 0 bridgehead atoms. The van der Waals surface area contributed by atoms with Gasteiger partial charge in [0.05, 0.1) is 6.54 Å². The molecule has 1 aromatic heterocycles. The normalized spacial score (nSPS) is 23.6. The molecule has 1 saturated carbocycles. The minimum Gasteiger partial charge on any atom is -0.354 e. The van der Waals surface area contributed by atoms with Crippen molar-refractivity contribution in [2.75, 3.05) is 13.3 Å². The minimum atomic E-state index is 0.520. The van der Waals surface area contributed by atoms with Crippen LogP contribution in [0.3, 0.4) is 0 Å². The van der Waals surface area contributed by atoms with Gasteiger partial charge in [-0.1, -0.05) is 6.42 Å². The number of thioether (sulfide) groups is 1. The van der Waals surface area contributed by atoms with E-state index in [9.17, 15) is 0 Å². The Morgan fingerprint density at radius 2 is 2.40 bits per heavy atom. The second kappa shape index (κ2) is 7.52. The molecule has 0 amide bonds. The van der Waals surface area contributed by atoms with Crippen LogP contribution in [0.1, 0.15) is 31.5 Å². The van der Waals surface area contributed by atoms with Gasteiger partial charge in [-0.05, 0) is 25.5 Å². The molecule has 2 N–H and O–H groups in total. The fourth-order valence-electron chi connectivity index (χ4n) is 2.52. The quantitative estimate of drug-likeness (QED) is 0.644. The molecule has 1 aliphatic rings. The third kappa shape index (κ3) is 4.13. The largest absolute Gasteiger partial charge is 0.354 e. The molecule has 1 aliphatic carbocycles. The maximum Gasteiger partial charge on any atom is 0.191 e. The van der Waals surface area contributed by atoms with E-state index >= 15 is 0 Å². The summed E-state index contributed by atoms with van der Waals surface area (Å²) in [6, 6.07) is 0.520. The van der Waals surface area contributed by atoms with Crippen LogP contribution in [0.5, 0.6) is 0 Å². The van der Waals surface area contributed by atoms with Crippen LogP contribution in [-0.4, -0.2) is 45.3 Å². The molecule has 1 heterocycles. The molecule has 7 heteroatoms. The highest BCUT2D eigenvalue weighted by Crippen LogP contribution is 2.26. The van der Waals surface area contributed by atoms with E-state index in [1.165, 1.54) is 25.7 Å². The molecular weight excluding hydrogens is 272 g/mol. The van der Waals surface area contributed by atoms with Crippen LogP contribution in [0, 0.1) is 0 Å². The van der Waals surface area contributed by atoms with Crippen molar-refractivity contribution in [3.05, 3.63) is 12.2 Å². The molecule has 1 fully saturated rings. The Kier molecular flexibility index (Phi) is 5.70. The Morgan fingerprint density at radius 1 is 1.55 bits per heavy atom. The first-order chi connectivity index (χ1) is 9.72. The van der Waals surface area contributed by atoms with Gasteiger partial charge in [0.15, 0.2) is 5.96 Å². The third-order valence-electron chi connectivity index (χ3n) is 3.74. The van der Waals surface area contributed by atoms with Crippen molar-refractivity contribution in [1.82, 2.24) is 25.4 Å². The molecule has 112 valence electrons. The zero-order valence-corrected chi connectivity index (χ0v) is 13.3. The van der Waals surface area contributed by atoms with E-state index in [2.05, 4.69) is 32.0 Å². The first-order valence-corrected chi connectivity index (χ1v) is 8.34. The first-order valence-electron chi connectivity index (χ1n) is 7.05. The van der Waals surface area contributed by atoms with E-state index in [-0.39, 0.29) is 0 Å². The molecule has 1 aromatic rings. The van der Waals surface area contributed by atoms with Crippen molar-refractivity contribution in [1.29, 1.82) is 0 Å². The molecule has 2 rings (SSSR count). The van der Waals surface area contributed by atoms with Crippen LogP contribution in [-0.2, 0) is 13.6 Å². The topological polar surface area (TPSA) is 67.1 Å². The molecule has 0 radical (unpaired) electrons. The number of hydrogen-bond donors (Lipinski definition) is 2. The van der Waals surface area contributed by atoms with Gasteiger partial charge in [-0.3, -0.25) is 9.67 Å². The molecule has 2 atom stereocenters. The smallest absolute Gasteiger partial charge is 0.191 e. The van der Waals surface area contributed by atoms with Crippen molar-refractivity contribution < 1.29 is 0 Å². The highest BCUT2D eigenvalue weighted by atomic mass is 32.2. The summed E-state index contributed by atoms with van der Waals surface area (Å²) in [5.41, 5.74) is 0. The number of nitrogens with one attached hydrogen (secondary N) is 2. The molecule has 0 saturated heterocycles. The van der Waals surface area contributed by atoms with E-state index in [0.29, 0.717) is 12.6 Å². The molecule has 0 aromatic carbocycles. The summed E-state index contributed by atoms with van der Waals surface area (Å²) < 4.78 is 1.77. The van der Waals surface area contributed by atoms with Crippen molar-refractivity contribution in [2.45, 2.75) is 43.5 Å². The average molecular weight is 296 g/mol. The first kappa shape index (κ1) is 15.2. The van der Waals surface area contributed by atoms with Gasteiger partial charge in [-0.2, -0.15) is 16.9 Å². The second-order valence-corrected chi connectivity index (χ2v) is 6.23. The van der Waals surface area contributed by atoms with Crippen LogP contribution in [0.2, 0.25) is 0 Å². The predicted octanol–water partition coefficient (Wildman–Crippen LogP) is 1.15. The number of nitrogens with zero attached hydrogens (tertiary/aromatic N) is 4. The summed E-state index contributed by atoms with van der Waals surface area (Å²) in [7, 11) is 3.70. The highest BCUT2D eigenvalue weighted by molar-refractivity contribution is 7.99. The van der Waals surface area contributed by atoms with Crippen LogP contribution < -0.4 is 10.6 Å². The van der Waals surface area contributed by atoms with Crippen molar-refractivity contribution in [2.24, 2.45) is 12.0 Å². The zero-order valence-electron chi connectivity index (χ0n) is 12.5. The fraction of sp³-hybridized carbons (Fsp3) is 0.769. The Morgan fingerprint density at radius 3 is 3.05 bits per heavy atom. The number of guanidine groups is 1. The maximum absolute atomic E-state index is 4.29. The highest BCUT2D eigenvalue weighted by Gasteiger charge is 2.21. The number of aliphatic imine (C=N–C) groups is 1. The lowest BCUT2D eigenvalue weighted by molar-refractivity contribution is 0.418. The lowest BCUT2D eigenvalue weighted by Crippen LogP contribution is -2.45. The van der Waals surface area contributed by atoms with Crippen LogP contribution in [0.4, 0.5) is 0 Å². The summed E-state index contributed by atoms with van der Waals surface area (Å²) in [6.07, 6.45) is 8.84. The third-order valence-corrected chi connectivity index (χ3v) is 4.84. The number of rotatable bonds is 4. The van der Waals surface area contributed by atoms with Gasteiger partial charge < -0.3 is 10.6 Å². The standard InChI is InChI=1S/C13H24N6S/c1-14-13(15-8-12-16-9-17-19(12)2)18-10-5-4-6-11(7-10)20-3/h9-11H,4-8H2,1-3H3,(H2,14,15,18). The van der Waals surface area contributed by atoms with E-state index in [4.69, 9.17) is 0 Å². The Labute approximate surface area is 124 Å². The number of hydrogen-bond acceptors (Lipinski definition) is 4.